The first kappa shape index (κ1) is 19.1. The summed E-state index contributed by atoms with van der Waals surface area (Å²) in [5, 5.41) is 10.2. The lowest BCUT2D eigenvalue weighted by molar-refractivity contribution is 0.0696. The Balaban J connectivity index is 1.87. The van der Waals surface area contributed by atoms with Crippen LogP contribution < -0.4 is 0 Å². The fourth-order valence-electron chi connectivity index (χ4n) is 4.13. The van der Waals surface area contributed by atoms with Crippen molar-refractivity contribution in [3.63, 3.8) is 0 Å². The van der Waals surface area contributed by atoms with Crippen LogP contribution in [-0.2, 0) is 6.54 Å². The van der Waals surface area contributed by atoms with Crippen molar-refractivity contribution < 1.29 is 14.3 Å². The number of carbonyl (C=O) groups is 1. The third kappa shape index (κ3) is 3.09. The molecular weight excluding hydrogens is 395 g/mol. The molecule has 0 fully saturated rings. The average Bonchev–Trinajstić information content (AvgIpc) is 3.34. The molecule has 0 aliphatic carbocycles. The van der Waals surface area contributed by atoms with E-state index in [0.29, 0.717) is 12.4 Å². The van der Waals surface area contributed by atoms with Crippen LogP contribution in [0.4, 0.5) is 4.39 Å². The number of hydrogen-bond donors (Lipinski definition) is 1. The van der Waals surface area contributed by atoms with E-state index in [2.05, 4.69) is 45.5 Å². The molecule has 0 saturated carbocycles. The Morgan fingerprint density at radius 1 is 1.13 bits per heavy atom. The second-order valence-electron chi connectivity index (χ2n) is 7.87. The van der Waals surface area contributed by atoms with Crippen LogP contribution in [0.5, 0.6) is 0 Å². The molecule has 0 bridgehead atoms. The maximum atomic E-state index is 13.6. The van der Waals surface area contributed by atoms with E-state index < -0.39 is 5.97 Å². The summed E-state index contributed by atoms with van der Waals surface area (Å²) in [7, 11) is 0. The Labute approximate surface area is 177 Å². The highest BCUT2D eigenvalue weighted by molar-refractivity contribution is 6.02. The van der Waals surface area contributed by atoms with Crippen LogP contribution in [0.2, 0.25) is 0 Å². The molecule has 2 aromatic heterocycles. The molecule has 0 radical (unpaired) electrons. The molecule has 0 unspecified atom stereocenters. The smallest absolute Gasteiger partial charge is 0.338 e. The number of aromatic nitrogens is 3. The van der Waals surface area contributed by atoms with Crippen molar-refractivity contribution in [2.24, 2.45) is 4.99 Å². The third-order valence-corrected chi connectivity index (χ3v) is 5.51. The minimum atomic E-state index is -1.07. The number of carboxylic acid groups (broad SMARTS) is 1. The summed E-state index contributed by atoms with van der Waals surface area (Å²) in [6, 6.07) is 10.6. The normalized spacial score (nSPS) is 12.6. The first-order valence-corrected chi connectivity index (χ1v) is 9.96. The lowest BCUT2D eigenvalue weighted by Crippen LogP contribution is -2.05. The molecular formula is C24H19FN4O2. The van der Waals surface area contributed by atoms with Crippen molar-refractivity contribution in [3.8, 4) is 17.1 Å². The van der Waals surface area contributed by atoms with Gasteiger partial charge in [-0.05, 0) is 53.4 Å². The molecule has 0 amide bonds. The standard InChI is InChI=1S/C24H19FN4O2/c1-13(2)22-21(23-27-11-16(12-28-23)24(30)31)19-7-14-9-26-10-15(14)8-20(19)29(22)18-5-3-17(25)4-6-18/h3-8,10-13H,9H2,1-2H3,(H,30,31). The van der Waals surface area contributed by atoms with Crippen LogP contribution in [0.3, 0.4) is 0 Å². The number of fused-ring (bicyclic) bond motifs is 2. The average molecular weight is 414 g/mol. The molecule has 4 aromatic rings. The molecule has 31 heavy (non-hydrogen) atoms. The molecule has 1 aliphatic rings. The zero-order valence-electron chi connectivity index (χ0n) is 17.0. The van der Waals surface area contributed by atoms with E-state index in [9.17, 15) is 14.3 Å². The summed E-state index contributed by atoms with van der Waals surface area (Å²) in [5.74, 6) is -0.816. The highest BCUT2D eigenvalue weighted by atomic mass is 19.1. The van der Waals surface area contributed by atoms with Gasteiger partial charge < -0.3 is 9.67 Å². The van der Waals surface area contributed by atoms with Crippen LogP contribution in [0, 0.1) is 5.82 Å². The maximum absolute atomic E-state index is 13.6. The monoisotopic (exact) mass is 414 g/mol. The quantitative estimate of drug-likeness (QED) is 0.511. The summed E-state index contributed by atoms with van der Waals surface area (Å²) in [4.78, 5) is 24.4. The van der Waals surface area contributed by atoms with Crippen molar-refractivity contribution >= 4 is 23.1 Å². The number of aromatic carboxylic acids is 1. The molecule has 1 aliphatic heterocycles. The minimum absolute atomic E-state index is 0.0337. The summed E-state index contributed by atoms with van der Waals surface area (Å²) < 4.78 is 15.7. The van der Waals surface area contributed by atoms with Gasteiger partial charge in [-0.15, -0.1) is 0 Å². The van der Waals surface area contributed by atoms with Crippen molar-refractivity contribution in [3.05, 3.63) is 77.0 Å². The predicted molar refractivity (Wildman–Crippen MR) is 117 cm³/mol. The molecule has 2 aromatic carbocycles. The Kier molecular flexibility index (Phi) is 4.39. The van der Waals surface area contributed by atoms with Gasteiger partial charge in [-0.1, -0.05) is 13.8 Å². The molecule has 5 rings (SSSR count). The number of carboxylic acids is 1. The van der Waals surface area contributed by atoms with Crippen LogP contribution in [-0.4, -0.2) is 31.8 Å². The molecule has 0 spiro atoms. The number of rotatable bonds is 4. The van der Waals surface area contributed by atoms with Crippen LogP contribution in [0.1, 0.15) is 46.9 Å². The van der Waals surface area contributed by atoms with Gasteiger partial charge in [-0.25, -0.2) is 19.2 Å². The van der Waals surface area contributed by atoms with E-state index in [0.717, 1.165) is 39.0 Å². The Hall–Kier alpha value is -3.87. The van der Waals surface area contributed by atoms with E-state index in [4.69, 9.17) is 0 Å². The first-order chi connectivity index (χ1) is 14.9. The SMILES string of the molecule is CC(C)c1c(-c2ncc(C(=O)O)cn2)c2cc3c(cc2n1-c1ccc(F)cc1)C=NC3. The number of halogens is 1. The molecule has 0 atom stereocenters. The first-order valence-electron chi connectivity index (χ1n) is 9.96. The number of benzene rings is 2. The van der Waals surface area contributed by atoms with Crippen molar-refractivity contribution in [2.75, 3.05) is 0 Å². The highest BCUT2D eigenvalue weighted by Gasteiger charge is 2.25. The molecule has 154 valence electrons. The molecule has 0 saturated heterocycles. The fraction of sp³-hybridized carbons (Fsp3) is 0.167. The van der Waals surface area contributed by atoms with E-state index in [-0.39, 0.29) is 17.3 Å². The minimum Gasteiger partial charge on any atom is -0.478 e. The van der Waals surface area contributed by atoms with E-state index >= 15 is 0 Å². The van der Waals surface area contributed by atoms with Gasteiger partial charge >= 0.3 is 5.97 Å². The van der Waals surface area contributed by atoms with E-state index in [1.807, 2.05) is 6.21 Å². The topological polar surface area (TPSA) is 80.4 Å². The zero-order valence-corrected chi connectivity index (χ0v) is 17.0. The molecule has 7 heteroatoms. The van der Waals surface area contributed by atoms with Crippen molar-refractivity contribution in [1.29, 1.82) is 0 Å². The number of nitrogens with zero attached hydrogens (tertiary/aromatic N) is 4. The van der Waals surface area contributed by atoms with Crippen molar-refractivity contribution in [2.45, 2.75) is 26.3 Å². The lowest BCUT2D eigenvalue weighted by atomic mass is 10.00. The molecule has 1 N–H and O–H groups in total. The lowest BCUT2D eigenvalue weighted by Gasteiger charge is -2.15. The summed E-state index contributed by atoms with van der Waals surface area (Å²) in [6.07, 6.45) is 4.52. The fourth-order valence-corrected chi connectivity index (χ4v) is 4.13. The summed E-state index contributed by atoms with van der Waals surface area (Å²) in [6.45, 7) is 4.78. The Bertz CT molecular complexity index is 1350. The second-order valence-corrected chi connectivity index (χ2v) is 7.87. The van der Waals surface area contributed by atoms with Gasteiger partial charge in [-0.2, -0.15) is 0 Å². The van der Waals surface area contributed by atoms with Gasteiger partial charge in [0.1, 0.15) is 5.82 Å². The van der Waals surface area contributed by atoms with Gasteiger partial charge in [0.25, 0.3) is 0 Å². The Morgan fingerprint density at radius 2 is 1.84 bits per heavy atom. The Morgan fingerprint density at radius 3 is 2.48 bits per heavy atom. The van der Waals surface area contributed by atoms with Crippen LogP contribution in [0.15, 0.2) is 53.8 Å². The molecule has 6 nitrogen and oxygen atoms in total. The van der Waals surface area contributed by atoms with E-state index in [1.54, 1.807) is 12.1 Å². The van der Waals surface area contributed by atoms with Gasteiger partial charge in [0.15, 0.2) is 5.82 Å². The van der Waals surface area contributed by atoms with E-state index in [1.165, 1.54) is 24.5 Å². The molecule has 3 heterocycles. The van der Waals surface area contributed by atoms with Crippen LogP contribution >= 0.6 is 0 Å². The second kappa shape index (κ2) is 7.12. The zero-order chi connectivity index (χ0) is 21.7. The third-order valence-electron chi connectivity index (χ3n) is 5.51. The van der Waals surface area contributed by atoms with Crippen molar-refractivity contribution in [1.82, 2.24) is 14.5 Å². The van der Waals surface area contributed by atoms with Gasteiger partial charge in [-0.3, -0.25) is 4.99 Å². The highest BCUT2D eigenvalue weighted by Crippen LogP contribution is 2.40. The van der Waals surface area contributed by atoms with Gasteiger partial charge in [0.2, 0.25) is 0 Å². The summed E-state index contributed by atoms with van der Waals surface area (Å²) >= 11 is 0. The number of hydrogen-bond acceptors (Lipinski definition) is 4. The van der Waals surface area contributed by atoms with Gasteiger partial charge in [0.05, 0.1) is 17.6 Å². The van der Waals surface area contributed by atoms with Gasteiger partial charge in [0, 0.05) is 40.9 Å². The predicted octanol–water partition coefficient (Wildman–Crippen LogP) is 4.98. The van der Waals surface area contributed by atoms with Crippen LogP contribution in [0.25, 0.3) is 28.0 Å². The maximum Gasteiger partial charge on any atom is 0.338 e. The number of aliphatic imine (C=N–C) groups is 1. The summed E-state index contributed by atoms with van der Waals surface area (Å²) in [5.41, 5.74) is 5.80. The largest absolute Gasteiger partial charge is 0.478 e.